The Labute approximate surface area is 123 Å². The van der Waals surface area contributed by atoms with Gasteiger partial charge in [0.2, 0.25) is 5.88 Å². The van der Waals surface area contributed by atoms with Gasteiger partial charge < -0.3 is 15.0 Å². The summed E-state index contributed by atoms with van der Waals surface area (Å²) in [5.41, 5.74) is 1.13. The average Bonchev–Trinajstić information content (AvgIpc) is 3.17. The molecule has 106 valence electrons. The van der Waals surface area contributed by atoms with Crippen molar-refractivity contribution in [3.05, 3.63) is 22.3 Å². The van der Waals surface area contributed by atoms with Crippen molar-refractivity contribution in [2.45, 2.75) is 31.8 Å². The Morgan fingerprint density at radius 1 is 1.47 bits per heavy atom. The molecule has 1 N–H and O–H groups in total. The fraction of sp³-hybridized carbons (Fsp3) is 0.643. The lowest BCUT2D eigenvalue weighted by Gasteiger charge is -2.13. The highest BCUT2D eigenvalue weighted by Crippen LogP contribution is 2.23. The van der Waals surface area contributed by atoms with E-state index >= 15 is 0 Å². The van der Waals surface area contributed by atoms with Crippen LogP contribution in [-0.2, 0) is 6.54 Å². The van der Waals surface area contributed by atoms with Gasteiger partial charge in [-0.1, -0.05) is 0 Å². The van der Waals surface area contributed by atoms with Crippen LogP contribution in [-0.4, -0.2) is 43.2 Å². The summed E-state index contributed by atoms with van der Waals surface area (Å²) >= 11 is 3.47. The molecule has 0 atom stereocenters. The fourth-order valence-electron chi connectivity index (χ4n) is 1.82. The normalized spacial score (nSPS) is 14.9. The van der Waals surface area contributed by atoms with Crippen LogP contribution >= 0.6 is 15.9 Å². The first-order valence-corrected chi connectivity index (χ1v) is 7.60. The predicted molar refractivity (Wildman–Crippen MR) is 80.5 cm³/mol. The maximum Gasteiger partial charge on any atom is 0.217 e. The van der Waals surface area contributed by atoms with Gasteiger partial charge in [0.15, 0.2) is 0 Å². The lowest BCUT2D eigenvalue weighted by Crippen LogP contribution is -2.18. The number of ether oxygens (including phenoxy) is 1. The van der Waals surface area contributed by atoms with Gasteiger partial charge >= 0.3 is 0 Å². The molecule has 0 saturated heterocycles. The Morgan fingerprint density at radius 3 is 2.95 bits per heavy atom. The van der Waals surface area contributed by atoms with E-state index in [4.69, 9.17) is 4.74 Å². The van der Waals surface area contributed by atoms with Crippen LogP contribution in [0.5, 0.6) is 5.88 Å². The molecule has 2 rings (SSSR count). The molecule has 0 bridgehead atoms. The first-order chi connectivity index (χ1) is 9.15. The Balaban J connectivity index is 1.85. The van der Waals surface area contributed by atoms with E-state index in [0.717, 1.165) is 35.4 Å². The lowest BCUT2D eigenvalue weighted by molar-refractivity contribution is 0.270. The molecule has 0 radical (unpaired) electrons. The van der Waals surface area contributed by atoms with Gasteiger partial charge in [0.25, 0.3) is 0 Å². The number of hydrogen-bond donors (Lipinski definition) is 1. The van der Waals surface area contributed by atoms with Crippen LogP contribution in [0.4, 0.5) is 0 Å². The second-order valence-corrected chi connectivity index (χ2v) is 6.19. The molecular formula is C14H22BrN3O. The molecular weight excluding hydrogens is 306 g/mol. The third kappa shape index (κ3) is 5.47. The molecule has 1 aromatic rings. The number of nitrogens with zero attached hydrogens (tertiary/aromatic N) is 2. The molecule has 0 unspecified atom stereocenters. The van der Waals surface area contributed by atoms with Crippen LogP contribution in [0.1, 0.15) is 24.8 Å². The summed E-state index contributed by atoms with van der Waals surface area (Å²) < 4.78 is 6.80. The highest BCUT2D eigenvalue weighted by molar-refractivity contribution is 9.10. The van der Waals surface area contributed by atoms with Gasteiger partial charge in [-0.15, -0.1) is 0 Å². The maximum absolute atomic E-state index is 5.80. The van der Waals surface area contributed by atoms with Gasteiger partial charge in [-0.2, -0.15) is 0 Å². The average molecular weight is 328 g/mol. The van der Waals surface area contributed by atoms with Gasteiger partial charge in [0.05, 0.1) is 6.61 Å². The molecule has 0 aromatic carbocycles. The number of aromatic nitrogens is 1. The van der Waals surface area contributed by atoms with Crippen molar-refractivity contribution in [3.63, 3.8) is 0 Å². The lowest BCUT2D eigenvalue weighted by atomic mass is 10.2. The molecule has 1 aromatic heterocycles. The Morgan fingerprint density at radius 2 is 2.26 bits per heavy atom. The van der Waals surface area contributed by atoms with E-state index in [1.165, 1.54) is 12.8 Å². The van der Waals surface area contributed by atoms with Crippen molar-refractivity contribution < 1.29 is 4.74 Å². The monoisotopic (exact) mass is 327 g/mol. The van der Waals surface area contributed by atoms with E-state index in [1.54, 1.807) is 6.20 Å². The van der Waals surface area contributed by atoms with Crippen LogP contribution in [0, 0.1) is 0 Å². The van der Waals surface area contributed by atoms with Crippen LogP contribution in [0.2, 0.25) is 0 Å². The molecule has 1 saturated carbocycles. The van der Waals surface area contributed by atoms with Crippen molar-refractivity contribution >= 4 is 15.9 Å². The highest BCUT2D eigenvalue weighted by atomic mass is 79.9. The number of pyridine rings is 1. The topological polar surface area (TPSA) is 37.4 Å². The molecule has 0 aliphatic heterocycles. The second kappa shape index (κ2) is 7.22. The van der Waals surface area contributed by atoms with Crippen LogP contribution in [0.25, 0.3) is 0 Å². The smallest absolute Gasteiger partial charge is 0.217 e. The van der Waals surface area contributed by atoms with Crippen molar-refractivity contribution in [2.24, 2.45) is 0 Å². The van der Waals surface area contributed by atoms with E-state index in [2.05, 4.69) is 51.3 Å². The van der Waals surface area contributed by atoms with Crippen LogP contribution < -0.4 is 10.1 Å². The maximum atomic E-state index is 5.80. The third-order valence-corrected chi connectivity index (χ3v) is 3.47. The molecule has 0 spiro atoms. The molecule has 5 heteroatoms. The minimum Gasteiger partial charge on any atom is -0.477 e. The number of rotatable bonds is 8. The summed E-state index contributed by atoms with van der Waals surface area (Å²) in [4.78, 5) is 6.53. The summed E-state index contributed by atoms with van der Waals surface area (Å²) in [7, 11) is 4.14. The Kier molecular flexibility index (Phi) is 5.60. The van der Waals surface area contributed by atoms with Gasteiger partial charge in [0.1, 0.15) is 0 Å². The van der Waals surface area contributed by atoms with Crippen molar-refractivity contribution in [1.29, 1.82) is 0 Å². The van der Waals surface area contributed by atoms with Gasteiger partial charge in [-0.3, -0.25) is 0 Å². The first-order valence-electron chi connectivity index (χ1n) is 6.80. The molecule has 1 heterocycles. The zero-order chi connectivity index (χ0) is 13.7. The van der Waals surface area contributed by atoms with Crippen LogP contribution in [0.3, 0.4) is 0 Å². The molecule has 19 heavy (non-hydrogen) atoms. The predicted octanol–water partition coefficient (Wildman–Crippen LogP) is 2.43. The fourth-order valence-corrected chi connectivity index (χ4v) is 2.20. The number of halogens is 1. The Bertz CT molecular complexity index is 408. The summed E-state index contributed by atoms with van der Waals surface area (Å²) in [5.74, 6) is 0.759. The SMILES string of the molecule is CN(C)CCCOc1ncc(Br)cc1CNC1CC1. The first kappa shape index (κ1) is 14.8. The highest BCUT2D eigenvalue weighted by Gasteiger charge is 2.20. The largest absolute Gasteiger partial charge is 0.477 e. The van der Waals surface area contributed by atoms with E-state index in [-0.39, 0.29) is 0 Å². The van der Waals surface area contributed by atoms with Crippen molar-refractivity contribution in [1.82, 2.24) is 15.2 Å². The van der Waals surface area contributed by atoms with Gasteiger partial charge in [-0.05, 0) is 55.4 Å². The standard InChI is InChI=1S/C14H22BrN3O/c1-18(2)6-3-7-19-14-11(8-12(15)10-17-14)9-16-13-4-5-13/h8,10,13,16H,3-7,9H2,1-2H3. The molecule has 1 aliphatic carbocycles. The zero-order valence-corrected chi connectivity index (χ0v) is 13.2. The minimum absolute atomic E-state index is 0.695. The summed E-state index contributed by atoms with van der Waals surface area (Å²) in [6.45, 7) is 2.58. The third-order valence-electron chi connectivity index (χ3n) is 3.04. The van der Waals surface area contributed by atoms with E-state index < -0.39 is 0 Å². The molecule has 4 nitrogen and oxygen atoms in total. The number of nitrogens with one attached hydrogen (secondary N) is 1. The quantitative estimate of drug-likeness (QED) is 0.744. The summed E-state index contributed by atoms with van der Waals surface area (Å²) in [6, 6.07) is 2.78. The summed E-state index contributed by atoms with van der Waals surface area (Å²) in [5, 5.41) is 3.50. The van der Waals surface area contributed by atoms with Crippen LogP contribution in [0.15, 0.2) is 16.7 Å². The zero-order valence-electron chi connectivity index (χ0n) is 11.7. The van der Waals surface area contributed by atoms with Gasteiger partial charge in [-0.25, -0.2) is 4.98 Å². The molecule has 1 aliphatic rings. The van der Waals surface area contributed by atoms with E-state index in [9.17, 15) is 0 Å². The molecule has 0 amide bonds. The molecule has 1 fully saturated rings. The number of hydrogen-bond acceptors (Lipinski definition) is 4. The van der Waals surface area contributed by atoms with E-state index in [1.807, 2.05) is 0 Å². The summed E-state index contributed by atoms with van der Waals surface area (Å²) in [6.07, 6.45) is 5.39. The minimum atomic E-state index is 0.695. The van der Waals surface area contributed by atoms with Crippen molar-refractivity contribution in [2.75, 3.05) is 27.2 Å². The van der Waals surface area contributed by atoms with Crippen molar-refractivity contribution in [3.8, 4) is 5.88 Å². The van der Waals surface area contributed by atoms with E-state index in [0.29, 0.717) is 12.6 Å². The second-order valence-electron chi connectivity index (χ2n) is 5.28. The van der Waals surface area contributed by atoms with Gasteiger partial charge in [0, 0.05) is 35.4 Å². The Hall–Kier alpha value is -0.650.